The molecule has 1 atom stereocenters. The van der Waals surface area contributed by atoms with E-state index in [1.165, 1.54) is 0 Å². The lowest BCUT2D eigenvalue weighted by Gasteiger charge is -2.34. The zero-order chi connectivity index (χ0) is 12.8. The zero-order valence-electron chi connectivity index (χ0n) is 10.1. The van der Waals surface area contributed by atoms with E-state index in [4.69, 9.17) is 11.5 Å². The van der Waals surface area contributed by atoms with Gasteiger partial charge in [0.1, 0.15) is 0 Å². The Bertz CT molecular complexity index is 335. The number of nitrogens with zero attached hydrogens (tertiary/aromatic N) is 2. The summed E-state index contributed by atoms with van der Waals surface area (Å²) < 4.78 is 0. The van der Waals surface area contributed by atoms with E-state index in [0.29, 0.717) is 19.5 Å². The zero-order valence-corrected chi connectivity index (χ0v) is 10.1. The normalized spacial score (nSPS) is 19.5. The first-order chi connectivity index (χ1) is 8.10. The molecule has 5 nitrogen and oxygen atoms in total. The van der Waals surface area contributed by atoms with E-state index in [-0.39, 0.29) is 19.1 Å². The Balaban J connectivity index is 2.62. The maximum absolute atomic E-state index is 12.1. The molecule has 5 heteroatoms. The van der Waals surface area contributed by atoms with Crippen molar-refractivity contribution in [2.75, 3.05) is 26.2 Å². The van der Waals surface area contributed by atoms with Gasteiger partial charge in [-0.15, -0.1) is 6.42 Å². The first kappa shape index (κ1) is 13.4. The summed E-state index contributed by atoms with van der Waals surface area (Å²) in [7, 11) is 0. The van der Waals surface area contributed by atoms with Gasteiger partial charge in [-0.3, -0.25) is 4.79 Å². The lowest BCUT2D eigenvalue weighted by Crippen LogP contribution is -2.48. The number of rotatable bonds is 3. The molecule has 0 aromatic heterocycles. The fraction of sp³-hybridized carbons (Fsp3) is 0.667. The van der Waals surface area contributed by atoms with Crippen LogP contribution in [0.2, 0.25) is 0 Å². The van der Waals surface area contributed by atoms with Crippen LogP contribution in [0.5, 0.6) is 0 Å². The lowest BCUT2D eigenvalue weighted by atomic mass is 9.99. The third-order valence-electron chi connectivity index (χ3n) is 2.98. The van der Waals surface area contributed by atoms with Crippen molar-refractivity contribution >= 4 is 12.0 Å². The van der Waals surface area contributed by atoms with Crippen LogP contribution < -0.4 is 0 Å². The molecule has 1 fully saturated rings. The van der Waals surface area contributed by atoms with Crippen molar-refractivity contribution in [3.63, 3.8) is 0 Å². The number of terminal acetylenes is 1. The van der Waals surface area contributed by atoms with Gasteiger partial charge in [0, 0.05) is 19.6 Å². The molecule has 1 aliphatic heterocycles. The fourth-order valence-corrected chi connectivity index (χ4v) is 1.98. The first-order valence-electron chi connectivity index (χ1n) is 5.80. The summed E-state index contributed by atoms with van der Waals surface area (Å²) in [5, 5.41) is 8.95. The van der Waals surface area contributed by atoms with Crippen molar-refractivity contribution in [1.82, 2.24) is 9.80 Å². The number of amides is 2. The second kappa shape index (κ2) is 6.14. The van der Waals surface area contributed by atoms with Gasteiger partial charge < -0.3 is 14.9 Å². The number of likely N-dealkylation sites (tertiary alicyclic amines) is 1. The van der Waals surface area contributed by atoms with Crippen LogP contribution >= 0.6 is 0 Å². The summed E-state index contributed by atoms with van der Waals surface area (Å²) >= 11 is 0. The van der Waals surface area contributed by atoms with Crippen molar-refractivity contribution in [3.8, 4) is 12.3 Å². The summed E-state index contributed by atoms with van der Waals surface area (Å²) in [6.07, 6.45) is 6.56. The SMILES string of the molecule is C#CCN(CC)C(=O)N1CCC[C@@H](C(=O)O)C1. The van der Waals surface area contributed by atoms with Crippen LogP contribution in [0.1, 0.15) is 19.8 Å². The van der Waals surface area contributed by atoms with Crippen molar-refractivity contribution in [2.45, 2.75) is 19.8 Å². The third-order valence-corrected chi connectivity index (χ3v) is 2.98. The number of hydrogen-bond donors (Lipinski definition) is 1. The maximum atomic E-state index is 12.1. The second-order valence-electron chi connectivity index (χ2n) is 4.12. The van der Waals surface area contributed by atoms with E-state index >= 15 is 0 Å². The average Bonchev–Trinajstić information content (AvgIpc) is 2.35. The molecule has 1 saturated heterocycles. The van der Waals surface area contributed by atoms with Gasteiger partial charge in [0.15, 0.2) is 0 Å². The summed E-state index contributed by atoms with van der Waals surface area (Å²) in [5.74, 6) is 1.16. The Morgan fingerprint density at radius 1 is 1.59 bits per heavy atom. The smallest absolute Gasteiger partial charge is 0.320 e. The molecule has 94 valence electrons. The highest BCUT2D eigenvalue weighted by Gasteiger charge is 2.29. The number of piperidine rings is 1. The maximum Gasteiger partial charge on any atom is 0.320 e. The minimum Gasteiger partial charge on any atom is -0.481 e. The van der Waals surface area contributed by atoms with Crippen molar-refractivity contribution < 1.29 is 14.7 Å². The van der Waals surface area contributed by atoms with Crippen molar-refractivity contribution in [1.29, 1.82) is 0 Å². The molecule has 0 bridgehead atoms. The minimum atomic E-state index is -0.831. The van der Waals surface area contributed by atoms with Gasteiger partial charge in [0.2, 0.25) is 0 Å². The van der Waals surface area contributed by atoms with E-state index in [1.807, 2.05) is 6.92 Å². The molecule has 0 aromatic carbocycles. The second-order valence-corrected chi connectivity index (χ2v) is 4.12. The summed E-state index contributed by atoms with van der Waals surface area (Å²) in [6.45, 7) is 3.56. The van der Waals surface area contributed by atoms with E-state index in [2.05, 4.69) is 5.92 Å². The Labute approximate surface area is 101 Å². The van der Waals surface area contributed by atoms with Crippen LogP contribution in [0, 0.1) is 18.3 Å². The molecule has 1 heterocycles. The molecule has 0 aliphatic carbocycles. The largest absolute Gasteiger partial charge is 0.481 e. The molecule has 0 radical (unpaired) electrons. The summed E-state index contributed by atoms with van der Waals surface area (Å²) in [4.78, 5) is 26.1. The van der Waals surface area contributed by atoms with Gasteiger partial charge in [0.05, 0.1) is 12.5 Å². The van der Waals surface area contributed by atoms with Gasteiger partial charge in [-0.1, -0.05) is 5.92 Å². The van der Waals surface area contributed by atoms with Gasteiger partial charge in [-0.25, -0.2) is 4.79 Å². The molecule has 2 amide bonds. The quantitative estimate of drug-likeness (QED) is 0.742. The number of urea groups is 1. The molecular formula is C12H18N2O3. The van der Waals surface area contributed by atoms with Gasteiger partial charge in [0.25, 0.3) is 0 Å². The Kier molecular flexibility index (Phi) is 4.83. The highest BCUT2D eigenvalue weighted by atomic mass is 16.4. The van der Waals surface area contributed by atoms with E-state index in [1.54, 1.807) is 9.80 Å². The third kappa shape index (κ3) is 3.38. The number of aliphatic carboxylic acids is 1. The fourth-order valence-electron chi connectivity index (χ4n) is 1.98. The molecule has 0 aromatic rings. The molecular weight excluding hydrogens is 220 g/mol. The summed E-state index contributed by atoms with van der Waals surface area (Å²) in [5.41, 5.74) is 0. The Hall–Kier alpha value is -1.70. The highest BCUT2D eigenvalue weighted by Crippen LogP contribution is 2.17. The van der Waals surface area contributed by atoms with Gasteiger partial charge >= 0.3 is 12.0 Å². The van der Waals surface area contributed by atoms with Crippen molar-refractivity contribution in [3.05, 3.63) is 0 Å². The predicted molar refractivity (Wildman–Crippen MR) is 63.4 cm³/mol. The molecule has 1 rings (SSSR count). The number of carboxylic acid groups (broad SMARTS) is 1. The van der Waals surface area contributed by atoms with Gasteiger partial charge in [-0.05, 0) is 19.8 Å². The Morgan fingerprint density at radius 3 is 2.82 bits per heavy atom. The molecule has 1 aliphatic rings. The predicted octanol–water partition coefficient (Wildman–Crippen LogP) is 0.858. The lowest BCUT2D eigenvalue weighted by molar-refractivity contribution is -0.143. The standard InChI is InChI=1S/C12H18N2O3/c1-3-7-13(4-2)12(17)14-8-5-6-10(9-14)11(15)16/h1,10H,4-9H2,2H3,(H,15,16)/t10-/m1/s1. The van der Waals surface area contributed by atoms with Crippen LogP contribution in [0.4, 0.5) is 4.79 Å². The number of carbonyl (C=O) groups is 2. The molecule has 0 unspecified atom stereocenters. The van der Waals surface area contributed by atoms with E-state index in [9.17, 15) is 9.59 Å². The molecule has 0 saturated carbocycles. The van der Waals surface area contributed by atoms with Gasteiger partial charge in [-0.2, -0.15) is 0 Å². The van der Waals surface area contributed by atoms with Crippen molar-refractivity contribution in [2.24, 2.45) is 5.92 Å². The molecule has 1 N–H and O–H groups in total. The monoisotopic (exact) mass is 238 g/mol. The van der Waals surface area contributed by atoms with E-state index < -0.39 is 11.9 Å². The topological polar surface area (TPSA) is 60.9 Å². The van der Waals surface area contributed by atoms with Crippen LogP contribution in [-0.4, -0.2) is 53.1 Å². The van der Waals surface area contributed by atoms with Crippen LogP contribution in [-0.2, 0) is 4.79 Å². The minimum absolute atomic E-state index is 0.156. The van der Waals surface area contributed by atoms with E-state index in [0.717, 1.165) is 6.42 Å². The number of hydrogen-bond acceptors (Lipinski definition) is 2. The van der Waals surface area contributed by atoms with Crippen LogP contribution in [0.25, 0.3) is 0 Å². The number of carboxylic acids is 1. The van der Waals surface area contributed by atoms with Crippen LogP contribution in [0.3, 0.4) is 0 Å². The summed E-state index contributed by atoms with van der Waals surface area (Å²) in [6, 6.07) is -0.156. The molecule has 0 spiro atoms. The molecule has 17 heavy (non-hydrogen) atoms. The average molecular weight is 238 g/mol. The highest BCUT2D eigenvalue weighted by molar-refractivity contribution is 5.77. The van der Waals surface area contributed by atoms with Crippen LogP contribution in [0.15, 0.2) is 0 Å². The Morgan fingerprint density at radius 2 is 2.29 bits per heavy atom. The number of carbonyl (C=O) groups excluding carboxylic acids is 1. The first-order valence-corrected chi connectivity index (χ1v) is 5.80.